The van der Waals surface area contributed by atoms with Crippen molar-refractivity contribution in [2.75, 3.05) is 49.7 Å². The maximum Gasteiger partial charge on any atom is 0.175 e. The zero-order valence-electron chi connectivity index (χ0n) is 18.9. The minimum Gasteiger partial charge on any atom is -0.369 e. The fourth-order valence-corrected chi connectivity index (χ4v) is 4.37. The highest BCUT2D eigenvalue weighted by Gasteiger charge is 2.11. The lowest BCUT2D eigenvalue weighted by Crippen LogP contribution is -2.43. The average Bonchev–Trinajstić information content (AvgIpc) is 2.84. The number of aromatic nitrogens is 1. The first kappa shape index (κ1) is 23.0. The van der Waals surface area contributed by atoms with E-state index in [4.69, 9.17) is 4.99 Å². The van der Waals surface area contributed by atoms with Gasteiger partial charge in [-0.25, -0.2) is 13.4 Å². The third kappa shape index (κ3) is 6.01. The molecule has 0 amide bonds. The Morgan fingerprint density at radius 2 is 1.67 bits per heavy atom. The number of hydrogen-bond acceptors (Lipinski definition) is 7. The van der Waals surface area contributed by atoms with Crippen LogP contribution in [0.4, 0.5) is 11.4 Å². The molecule has 2 heterocycles. The number of nitrogens with one attached hydrogen (secondary N) is 4. The summed E-state index contributed by atoms with van der Waals surface area (Å²) in [5.74, 6) is 0. The molecule has 1 aliphatic rings. The number of sulfone groups is 1. The number of rotatable bonds is 7. The highest BCUT2D eigenvalue weighted by molar-refractivity contribution is 7.90. The molecular weight excluding hydrogens is 436 g/mol. The van der Waals surface area contributed by atoms with Crippen molar-refractivity contribution in [3.8, 4) is 11.3 Å². The Morgan fingerprint density at radius 3 is 2.30 bits per heavy atom. The van der Waals surface area contributed by atoms with Crippen LogP contribution in [0, 0.1) is 0 Å². The number of pyridine rings is 1. The molecule has 1 unspecified atom stereocenters. The molecule has 174 valence electrons. The lowest BCUT2D eigenvalue weighted by Gasteiger charge is -2.29. The SMILES string of the molecule is CNC(/N=c1/cccc(-c2ccc(S(C)(=O)=O)cc2)[nH]1)Nc1ccc(N2CCNCC2)cc1. The van der Waals surface area contributed by atoms with Crippen LogP contribution >= 0.6 is 0 Å². The largest absolute Gasteiger partial charge is 0.369 e. The zero-order valence-corrected chi connectivity index (χ0v) is 19.7. The van der Waals surface area contributed by atoms with E-state index < -0.39 is 9.84 Å². The van der Waals surface area contributed by atoms with Crippen LogP contribution in [0.3, 0.4) is 0 Å². The maximum absolute atomic E-state index is 11.7. The summed E-state index contributed by atoms with van der Waals surface area (Å²) in [4.78, 5) is 10.7. The monoisotopic (exact) mass is 466 g/mol. The fourth-order valence-electron chi connectivity index (χ4n) is 3.74. The lowest BCUT2D eigenvalue weighted by atomic mass is 10.1. The molecular formula is C24H30N6O2S. The maximum atomic E-state index is 11.7. The Labute approximate surface area is 194 Å². The summed E-state index contributed by atoms with van der Waals surface area (Å²) < 4.78 is 23.4. The molecule has 33 heavy (non-hydrogen) atoms. The van der Waals surface area contributed by atoms with Crippen LogP contribution in [-0.2, 0) is 9.84 Å². The van der Waals surface area contributed by atoms with Gasteiger partial charge in [0.1, 0.15) is 5.49 Å². The molecule has 1 atom stereocenters. The van der Waals surface area contributed by atoms with Crippen LogP contribution < -0.4 is 26.3 Å². The Hall–Kier alpha value is -3.14. The van der Waals surface area contributed by atoms with Crippen LogP contribution in [0.15, 0.2) is 76.6 Å². The fraction of sp³-hybridized carbons (Fsp3) is 0.292. The average molecular weight is 467 g/mol. The lowest BCUT2D eigenvalue weighted by molar-refractivity contribution is 0.589. The number of H-pyrrole nitrogens is 1. The van der Waals surface area contributed by atoms with E-state index in [0.29, 0.717) is 10.4 Å². The second-order valence-electron chi connectivity index (χ2n) is 7.99. The van der Waals surface area contributed by atoms with Gasteiger partial charge in [0, 0.05) is 49.5 Å². The van der Waals surface area contributed by atoms with E-state index in [2.05, 4.69) is 50.1 Å². The van der Waals surface area contributed by atoms with Gasteiger partial charge in [0.25, 0.3) is 0 Å². The minimum absolute atomic E-state index is 0.300. The predicted octanol–water partition coefficient (Wildman–Crippen LogP) is 2.01. The van der Waals surface area contributed by atoms with E-state index in [9.17, 15) is 8.42 Å². The minimum atomic E-state index is -3.22. The van der Waals surface area contributed by atoms with E-state index >= 15 is 0 Å². The normalized spacial score (nSPS) is 15.9. The first-order chi connectivity index (χ1) is 15.9. The van der Waals surface area contributed by atoms with Crippen molar-refractivity contribution in [2.45, 2.75) is 11.2 Å². The molecule has 8 nitrogen and oxygen atoms in total. The second-order valence-corrected chi connectivity index (χ2v) is 10.0. The summed E-state index contributed by atoms with van der Waals surface area (Å²) in [7, 11) is -1.37. The van der Waals surface area contributed by atoms with Crippen LogP contribution in [-0.4, -0.2) is 59.2 Å². The van der Waals surface area contributed by atoms with Gasteiger partial charge < -0.3 is 20.5 Å². The Kier molecular flexibility index (Phi) is 7.12. The second kappa shape index (κ2) is 10.2. The number of anilines is 2. The number of hydrogen-bond donors (Lipinski definition) is 4. The molecule has 0 radical (unpaired) electrons. The molecule has 0 saturated carbocycles. The van der Waals surface area contributed by atoms with Gasteiger partial charge in [0.15, 0.2) is 16.1 Å². The Balaban J connectivity index is 1.49. The van der Waals surface area contributed by atoms with Crippen molar-refractivity contribution in [2.24, 2.45) is 4.99 Å². The van der Waals surface area contributed by atoms with E-state index in [1.807, 2.05) is 25.2 Å². The molecule has 2 aromatic carbocycles. The standard InChI is InChI=1S/C24H30N6O2S/c1-25-24(27-19-8-10-20(11-9-19)30-16-14-26-15-17-30)29-23-5-3-4-22(28-23)18-6-12-21(13-7-18)33(2,31)32/h3-13,24-27H,14-17H2,1-2H3,(H,28,29). The van der Waals surface area contributed by atoms with Crippen LogP contribution in [0.2, 0.25) is 0 Å². The summed E-state index contributed by atoms with van der Waals surface area (Å²) in [6.07, 6.45) is 0.881. The quantitative estimate of drug-likeness (QED) is 0.398. The molecule has 1 aromatic heterocycles. The van der Waals surface area contributed by atoms with Crippen molar-refractivity contribution >= 4 is 21.2 Å². The van der Waals surface area contributed by atoms with Gasteiger partial charge in [-0.3, -0.25) is 5.32 Å². The molecule has 1 saturated heterocycles. The highest BCUT2D eigenvalue weighted by Crippen LogP contribution is 2.20. The van der Waals surface area contributed by atoms with Gasteiger partial charge in [-0.2, -0.15) is 0 Å². The van der Waals surface area contributed by atoms with Crippen LogP contribution in [0.1, 0.15) is 0 Å². The Morgan fingerprint density at radius 1 is 0.970 bits per heavy atom. The first-order valence-electron chi connectivity index (χ1n) is 11.0. The summed E-state index contributed by atoms with van der Waals surface area (Å²) >= 11 is 0. The van der Waals surface area contributed by atoms with Crippen LogP contribution in [0.5, 0.6) is 0 Å². The van der Waals surface area contributed by atoms with Gasteiger partial charge in [-0.05, 0) is 61.1 Å². The Bertz CT molecular complexity index is 1230. The molecule has 9 heteroatoms. The van der Waals surface area contributed by atoms with E-state index in [1.165, 1.54) is 11.9 Å². The molecule has 1 aliphatic heterocycles. The summed E-state index contributed by atoms with van der Waals surface area (Å²) in [5, 5.41) is 9.95. The topological polar surface area (TPSA) is 102 Å². The first-order valence-corrected chi connectivity index (χ1v) is 12.8. The molecule has 0 bridgehead atoms. The van der Waals surface area contributed by atoms with Crippen molar-refractivity contribution in [1.29, 1.82) is 0 Å². The number of piperazine rings is 1. The molecule has 1 fully saturated rings. The molecule has 4 rings (SSSR count). The van der Waals surface area contributed by atoms with Crippen molar-refractivity contribution < 1.29 is 8.42 Å². The summed E-state index contributed by atoms with van der Waals surface area (Å²) in [6, 6.07) is 21.0. The number of aromatic amines is 1. The molecule has 0 aliphatic carbocycles. The smallest absolute Gasteiger partial charge is 0.175 e. The van der Waals surface area contributed by atoms with Crippen molar-refractivity contribution in [1.82, 2.24) is 15.6 Å². The van der Waals surface area contributed by atoms with Gasteiger partial charge in [0.2, 0.25) is 0 Å². The summed E-state index contributed by atoms with van der Waals surface area (Å²) in [5.41, 5.74) is 4.64. The third-order valence-electron chi connectivity index (χ3n) is 5.57. The molecule has 0 spiro atoms. The van der Waals surface area contributed by atoms with Crippen molar-refractivity contribution in [3.63, 3.8) is 0 Å². The van der Waals surface area contributed by atoms with Gasteiger partial charge in [-0.1, -0.05) is 18.2 Å². The van der Waals surface area contributed by atoms with Gasteiger partial charge in [0.05, 0.1) is 4.90 Å². The predicted molar refractivity (Wildman–Crippen MR) is 133 cm³/mol. The van der Waals surface area contributed by atoms with Crippen molar-refractivity contribution in [3.05, 3.63) is 72.2 Å². The van der Waals surface area contributed by atoms with Crippen LogP contribution in [0.25, 0.3) is 11.3 Å². The van der Waals surface area contributed by atoms with E-state index in [0.717, 1.165) is 43.1 Å². The number of nitrogens with zero attached hydrogens (tertiary/aromatic N) is 2. The molecule has 3 aromatic rings. The molecule has 4 N–H and O–H groups in total. The van der Waals surface area contributed by atoms with Gasteiger partial charge in [-0.15, -0.1) is 0 Å². The van der Waals surface area contributed by atoms with Gasteiger partial charge >= 0.3 is 0 Å². The van der Waals surface area contributed by atoms with E-state index in [1.54, 1.807) is 24.3 Å². The third-order valence-corrected chi connectivity index (χ3v) is 6.70. The highest BCUT2D eigenvalue weighted by atomic mass is 32.2. The number of benzene rings is 2. The van der Waals surface area contributed by atoms with E-state index in [-0.39, 0.29) is 6.29 Å². The zero-order chi connectivity index (χ0) is 23.3. The summed E-state index contributed by atoms with van der Waals surface area (Å²) in [6.45, 7) is 4.06.